The van der Waals surface area contributed by atoms with Crippen LogP contribution in [0.2, 0.25) is 0 Å². The Morgan fingerprint density at radius 2 is 1.86 bits per heavy atom. The number of rotatable bonds is 4. The predicted octanol–water partition coefficient (Wildman–Crippen LogP) is 2.79. The number of nitrogens with zero attached hydrogens (tertiary/aromatic N) is 4. The van der Waals surface area contributed by atoms with Gasteiger partial charge in [0.25, 0.3) is 0 Å². The van der Waals surface area contributed by atoms with Crippen LogP contribution in [0.25, 0.3) is 0 Å². The highest BCUT2D eigenvalue weighted by Crippen LogP contribution is 2.12. The second kappa shape index (κ2) is 6.02. The van der Waals surface area contributed by atoms with E-state index in [4.69, 9.17) is 5.26 Å². The Bertz CT molecular complexity index is 769. The van der Waals surface area contributed by atoms with E-state index in [0.717, 1.165) is 17.1 Å². The minimum atomic E-state index is 0.645. The zero-order valence-corrected chi connectivity index (χ0v) is 11.5. The van der Waals surface area contributed by atoms with Crippen LogP contribution in [0, 0.1) is 11.3 Å². The maximum Gasteiger partial charge on any atom is 0.114 e. The van der Waals surface area contributed by atoms with Crippen LogP contribution in [0.4, 0.5) is 0 Å². The molecule has 0 radical (unpaired) electrons. The van der Waals surface area contributed by atoms with Crippen molar-refractivity contribution in [2.24, 2.45) is 0 Å². The zero-order valence-electron chi connectivity index (χ0n) is 11.5. The lowest BCUT2D eigenvalue weighted by Gasteiger charge is -2.09. The Labute approximate surface area is 123 Å². The van der Waals surface area contributed by atoms with E-state index in [0.29, 0.717) is 18.5 Å². The van der Waals surface area contributed by atoms with Gasteiger partial charge in [0.05, 0.1) is 18.2 Å². The first-order chi connectivity index (χ1) is 10.4. The summed E-state index contributed by atoms with van der Waals surface area (Å²) >= 11 is 0. The van der Waals surface area contributed by atoms with Gasteiger partial charge in [0, 0.05) is 30.7 Å². The number of hydrogen-bond acceptors (Lipinski definition) is 3. The number of hydrogen-bond donors (Lipinski definition) is 0. The molecule has 0 amide bonds. The summed E-state index contributed by atoms with van der Waals surface area (Å²) in [7, 11) is 0. The van der Waals surface area contributed by atoms with Gasteiger partial charge in [-0.2, -0.15) is 5.26 Å². The van der Waals surface area contributed by atoms with Crippen LogP contribution >= 0.6 is 0 Å². The van der Waals surface area contributed by atoms with Gasteiger partial charge >= 0.3 is 0 Å². The number of aromatic nitrogens is 3. The van der Waals surface area contributed by atoms with Crippen molar-refractivity contribution in [3.63, 3.8) is 0 Å². The van der Waals surface area contributed by atoms with Gasteiger partial charge in [-0.05, 0) is 23.8 Å². The Morgan fingerprint density at radius 1 is 1.00 bits per heavy atom. The van der Waals surface area contributed by atoms with Crippen LogP contribution in [-0.4, -0.2) is 14.5 Å². The molecular weight excluding hydrogens is 260 g/mol. The van der Waals surface area contributed by atoms with E-state index >= 15 is 0 Å². The SMILES string of the molecule is N#Cc1ccccc1Cn1ccnc1Cc1ccccn1. The standard InChI is InChI=1S/C17H14N4/c18-12-14-5-1-2-6-15(14)13-21-10-9-20-17(21)11-16-7-3-4-8-19-16/h1-10H,11,13H2. The molecule has 0 aliphatic rings. The van der Waals surface area contributed by atoms with Crippen LogP contribution in [0.1, 0.15) is 22.6 Å². The van der Waals surface area contributed by atoms with Gasteiger partial charge < -0.3 is 4.57 Å². The third-order valence-electron chi connectivity index (χ3n) is 3.35. The molecule has 0 fully saturated rings. The van der Waals surface area contributed by atoms with Crippen LogP contribution in [-0.2, 0) is 13.0 Å². The van der Waals surface area contributed by atoms with Crippen LogP contribution < -0.4 is 0 Å². The van der Waals surface area contributed by atoms with E-state index in [2.05, 4.69) is 20.6 Å². The number of nitriles is 1. The molecular formula is C17H14N4. The highest BCUT2D eigenvalue weighted by molar-refractivity contribution is 5.37. The van der Waals surface area contributed by atoms with Gasteiger partial charge in [-0.15, -0.1) is 0 Å². The molecule has 0 atom stereocenters. The molecule has 2 heterocycles. The summed E-state index contributed by atoms with van der Waals surface area (Å²) < 4.78 is 2.06. The second-order valence-corrected chi connectivity index (χ2v) is 4.74. The van der Waals surface area contributed by atoms with Crippen LogP contribution in [0.3, 0.4) is 0 Å². The Morgan fingerprint density at radius 3 is 2.67 bits per heavy atom. The summed E-state index contributed by atoms with van der Waals surface area (Å²) in [6.07, 6.45) is 6.19. The smallest absolute Gasteiger partial charge is 0.114 e. The molecule has 0 bridgehead atoms. The number of benzene rings is 1. The quantitative estimate of drug-likeness (QED) is 0.735. The molecule has 0 saturated carbocycles. The van der Waals surface area contributed by atoms with Gasteiger partial charge in [0.2, 0.25) is 0 Å². The van der Waals surface area contributed by atoms with Crippen molar-refractivity contribution in [1.82, 2.24) is 14.5 Å². The van der Waals surface area contributed by atoms with E-state index in [1.807, 2.05) is 48.7 Å². The van der Waals surface area contributed by atoms with E-state index < -0.39 is 0 Å². The molecule has 0 N–H and O–H groups in total. The first-order valence-corrected chi connectivity index (χ1v) is 6.75. The second-order valence-electron chi connectivity index (χ2n) is 4.74. The van der Waals surface area contributed by atoms with E-state index in [1.165, 1.54) is 0 Å². The maximum absolute atomic E-state index is 9.17. The van der Waals surface area contributed by atoms with Crippen LogP contribution in [0.15, 0.2) is 61.1 Å². The van der Waals surface area contributed by atoms with Crippen molar-refractivity contribution in [2.45, 2.75) is 13.0 Å². The van der Waals surface area contributed by atoms with Gasteiger partial charge in [-0.3, -0.25) is 4.98 Å². The van der Waals surface area contributed by atoms with Crippen molar-refractivity contribution in [3.8, 4) is 6.07 Å². The van der Waals surface area contributed by atoms with Crippen molar-refractivity contribution in [1.29, 1.82) is 5.26 Å². The van der Waals surface area contributed by atoms with Gasteiger partial charge in [-0.1, -0.05) is 24.3 Å². The Kier molecular flexibility index (Phi) is 3.74. The fourth-order valence-electron chi connectivity index (χ4n) is 2.27. The van der Waals surface area contributed by atoms with Crippen molar-refractivity contribution >= 4 is 0 Å². The summed E-state index contributed by atoms with van der Waals surface area (Å²) in [5.41, 5.74) is 2.69. The predicted molar refractivity (Wildman–Crippen MR) is 79.5 cm³/mol. The number of imidazole rings is 1. The molecule has 0 unspecified atom stereocenters. The molecule has 0 saturated heterocycles. The fourth-order valence-corrected chi connectivity index (χ4v) is 2.27. The molecule has 3 aromatic rings. The first kappa shape index (κ1) is 13.1. The normalized spacial score (nSPS) is 10.2. The number of pyridine rings is 1. The molecule has 4 heteroatoms. The molecule has 0 spiro atoms. The first-order valence-electron chi connectivity index (χ1n) is 6.75. The summed E-state index contributed by atoms with van der Waals surface area (Å²) in [5, 5.41) is 9.17. The minimum absolute atomic E-state index is 0.645. The Hall–Kier alpha value is -2.93. The molecule has 4 nitrogen and oxygen atoms in total. The van der Waals surface area contributed by atoms with Crippen LogP contribution in [0.5, 0.6) is 0 Å². The lowest BCUT2D eigenvalue weighted by molar-refractivity contribution is 0.734. The molecule has 21 heavy (non-hydrogen) atoms. The summed E-state index contributed by atoms with van der Waals surface area (Å²) in [4.78, 5) is 8.73. The highest BCUT2D eigenvalue weighted by atomic mass is 15.1. The van der Waals surface area contributed by atoms with E-state index in [-0.39, 0.29) is 0 Å². The van der Waals surface area contributed by atoms with Gasteiger partial charge in [0.1, 0.15) is 5.82 Å². The molecule has 102 valence electrons. The molecule has 1 aromatic carbocycles. The molecule has 0 aliphatic heterocycles. The minimum Gasteiger partial charge on any atom is -0.330 e. The zero-order chi connectivity index (χ0) is 14.5. The van der Waals surface area contributed by atoms with Crippen molar-refractivity contribution in [2.75, 3.05) is 0 Å². The summed E-state index contributed by atoms with van der Waals surface area (Å²) in [6.45, 7) is 0.645. The maximum atomic E-state index is 9.17. The third kappa shape index (κ3) is 2.98. The van der Waals surface area contributed by atoms with E-state index in [1.54, 1.807) is 12.4 Å². The largest absolute Gasteiger partial charge is 0.330 e. The lowest BCUT2D eigenvalue weighted by Crippen LogP contribution is -2.07. The fraction of sp³-hybridized carbons (Fsp3) is 0.118. The summed E-state index contributed by atoms with van der Waals surface area (Å²) in [6, 6.07) is 15.7. The average Bonchev–Trinajstić information content (AvgIpc) is 2.96. The van der Waals surface area contributed by atoms with Crippen molar-refractivity contribution < 1.29 is 0 Å². The van der Waals surface area contributed by atoms with Gasteiger partial charge in [0.15, 0.2) is 0 Å². The lowest BCUT2D eigenvalue weighted by atomic mass is 10.1. The molecule has 3 rings (SSSR count). The molecule has 0 aliphatic carbocycles. The Balaban J connectivity index is 1.85. The average molecular weight is 274 g/mol. The van der Waals surface area contributed by atoms with Crippen molar-refractivity contribution in [3.05, 3.63) is 83.7 Å². The monoisotopic (exact) mass is 274 g/mol. The third-order valence-corrected chi connectivity index (χ3v) is 3.35. The topological polar surface area (TPSA) is 54.5 Å². The van der Waals surface area contributed by atoms with E-state index in [9.17, 15) is 0 Å². The van der Waals surface area contributed by atoms with Gasteiger partial charge in [-0.25, -0.2) is 4.98 Å². The summed E-state index contributed by atoms with van der Waals surface area (Å²) in [5.74, 6) is 0.946. The molecule has 2 aromatic heterocycles. The highest BCUT2D eigenvalue weighted by Gasteiger charge is 2.07.